The van der Waals surface area contributed by atoms with E-state index in [4.69, 9.17) is 27.7 Å². The molecule has 1 saturated carbocycles. The van der Waals surface area contributed by atoms with Gasteiger partial charge < -0.3 is 4.52 Å². The molecule has 2 heterocycles. The summed E-state index contributed by atoms with van der Waals surface area (Å²) in [5, 5.41) is 9.22. The molecule has 0 unspecified atom stereocenters. The Labute approximate surface area is 199 Å². The summed E-state index contributed by atoms with van der Waals surface area (Å²) in [5.41, 5.74) is -0.00990. The highest BCUT2D eigenvalue weighted by Crippen LogP contribution is 2.54. The lowest BCUT2D eigenvalue weighted by atomic mass is 9.95. The normalized spacial score (nSPS) is 14.4. The molecule has 1 fully saturated rings. The summed E-state index contributed by atoms with van der Waals surface area (Å²) in [6, 6.07) is 11.4. The van der Waals surface area contributed by atoms with Crippen LogP contribution in [0.1, 0.15) is 46.7 Å². The maximum absolute atomic E-state index is 13.7. The first kappa shape index (κ1) is 22.4. The zero-order valence-corrected chi connectivity index (χ0v) is 18.5. The summed E-state index contributed by atoms with van der Waals surface area (Å²) in [6.07, 6.45) is -1.41. The van der Waals surface area contributed by atoms with Crippen molar-refractivity contribution in [1.29, 1.82) is 0 Å². The van der Waals surface area contributed by atoms with Crippen molar-refractivity contribution >= 4 is 29.2 Å². The Bertz CT molecular complexity index is 1380. The number of carbonyl (C=O) groups is 1. The zero-order chi connectivity index (χ0) is 24.0. The Kier molecular flexibility index (Phi) is 5.57. The van der Waals surface area contributed by atoms with Crippen LogP contribution in [0.15, 0.2) is 53.1 Å². The molecular weight excluding hydrogens is 496 g/mol. The number of hydrogen-bond acceptors (Lipinski definition) is 6. The summed E-state index contributed by atoms with van der Waals surface area (Å²) in [7, 11) is 0. The van der Waals surface area contributed by atoms with E-state index in [9.17, 15) is 18.1 Å². The number of rotatable bonds is 6. The quantitative estimate of drug-likeness (QED) is 0.304. The van der Waals surface area contributed by atoms with E-state index in [0.29, 0.717) is 15.9 Å². The van der Waals surface area contributed by atoms with Gasteiger partial charge in [-0.1, -0.05) is 34.4 Å². The van der Waals surface area contributed by atoms with E-state index in [-0.39, 0.29) is 22.8 Å². The number of carbonyl (C=O) groups excluding carboxylic acids is 1. The lowest BCUT2D eigenvalue weighted by Gasteiger charge is -2.13. The fraction of sp³-hybridized carbons (Fsp3) is 0.182. The Balaban J connectivity index is 1.50. The highest BCUT2D eigenvalue weighted by Gasteiger charge is 2.51. The molecule has 2 aromatic carbocycles. The van der Waals surface area contributed by atoms with Crippen molar-refractivity contribution in [3.8, 4) is 17.3 Å². The lowest BCUT2D eigenvalue weighted by molar-refractivity contribution is -0.0788. The van der Waals surface area contributed by atoms with E-state index in [1.54, 1.807) is 18.2 Å². The minimum atomic E-state index is -2.87. The van der Waals surface area contributed by atoms with Crippen molar-refractivity contribution in [3.63, 3.8) is 0 Å². The number of halogens is 5. The summed E-state index contributed by atoms with van der Waals surface area (Å²) in [5.74, 6) is -0.867. The van der Waals surface area contributed by atoms with E-state index in [0.717, 1.165) is 29.2 Å². The lowest BCUT2D eigenvalue weighted by Crippen LogP contribution is -2.11. The van der Waals surface area contributed by atoms with Crippen LogP contribution in [-0.4, -0.2) is 25.9 Å². The molecule has 0 atom stereocenters. The van der Waals surface area contributed by atoms with Gasteiger partial charge in [-0.05, 0) is 60.9 Å². The van der Waals surface area contributed by atoms with Crippen molar-refractivity contribution in [2.45, 2.75) is 24.7 Å². The van der Waals surface area contributed by atoms with Crippen LogP contribution in [0.3, 0.4) is 0 Å². The molecule has 12 heteroatoms. The molecule has 1 aliphatic rings. The fourth-order valence-corrected chi connectivity index (χ4v) is 4.37. The molecule has 0 aliphatic heterocycles. The molecule has 0 amide bonds. The molecular formula is C22H13Cl2F3N4O3. The van der Waals surface area contributed by atoms with Crippen LogP contribution in [0, 0.1) is 0 Å². The van der Waals surface area contributed by atoms with Gasteiger partial charge >= 0.3 is 5.97 Å². The van der Waals surface area contributed by atoms with Crippen molar-refractivity contribution in [3.05, 3.63) is 81.2 Å². The van der Waals surface area contributed by atoms with Crippen LogP contribution in [0.2, 0.25) is 10.0 Å². The molecule has 0 N–H and O–H groups in total. The molecule has 5 rings (SSSR count). The number of alkyl halides is 2. The second-order valence-electron chi connectivity index (χ2n) is 7.71. The summed E-state index contributed by atoms with van der Waals surface area (Å²) >= 11 is 12.4. The van der Waals surface area contributed by atoms with E-state index < -0.39 is 23.5 Å². The van der Waals surface area contributed by atoms with E-state index in [1.807, 2.05) is 0 Å². The SMILES string of the molecule is O=C(OF)c1ccc(-n2nc(-c3nc(C4(c5ccc(Cl)cc5Cl)CC4)no3)cc2C(F)F)cc1. The standard InChI is InChI=1S/C22H13Cl2F3N4O3/c23-12-3-6-14(15(24)9-12)22(7-8-22)21-28-19(34-30-21)16-10-17(18(25)26)31(29-16)13-4-1-11(2-5-13)20(32)33-27/h1-6,9-10,18H,7-8H2. The third-order valence-electron chi connectivity index (χ3n) is 5.65. The maximum Gasteiger partial charge on any atom is 0.379 e. The van der Waals surface area contributed by atoms with Gasteiger partial charge in [-0.3, -0.25) is 0 Å². The first-order chi connectivity index (χ1) is 16.3. The smallest absolute Gasteiger partial charge is 0.332 e. The predicted octanol–water partition coefficient (Wildman–Crippen LogP) is 6.29. The van der Waals surface area contributed by atoms with E-state index in [1.165, 1.54) is 24.3 Å². The van der Waals surface area contributed by atoms with Gasteiger partial charge in [-0.15, -0.1) is 0 Å². The molecule has 1 aliphatic carbocycles. The van der Waals surface area contributed by atoms with Gasteiger partial charge in [0.25, 0.3) is 12.3 Å². The van der Waals surface area contributed by atoms with Crippen LogP contribution in [0.5, 0.6) is 0 Å². The summed E-state index contributed by atoms with van der Waals surface area (Å²) in [4.78, 5) is 18.9. The number of hydrogen-bond donors (Lipinski definition) is 0. The fourth-order valence-electron chi connectivity index (χ4n) is 3.78. The first-order valence-electron chi connectivity index (χ1n) is 9.94. The van der Waals surface area contributed by atoms with Gasteiger partial charge in [0.1, 0.15) is 5.69 Å². The summed E-state index contributed by atoms with van der Waals surface area (Å²) < 4.78 is 45.9. The second-order valence-corrected chi connectivity index (χ2v) is 8.55. The van der Waals surface area contributed by atoms with Gasteiger partial charge in [0.05, 0.1) is 16.7 Å². The van der Waals surface area contributed by atoms with Crippen LogP contribution in [0.4, 0.5) is 13.3 Å². The Morgan fingerprint density at radius 2 is 1.85 bits per heavy atom. The Morgan fingerprint density at radius 3 is 2.47 bits per heavy atom. The number of aromatic nitrogens is 4. The predicted molar refractivity (Wildman–Crippen MR) is 115 cm³/mol. The number of benzene rings is 2. The van der Waals surface area contributed by atoms with Crippen LogP contribution in [0.25, 0.3) is 17.3 Å². The van der Waals surface area contributed by atoms with Crippen molar-refractivity contribution in [2.24, 2.45) is 0 Å². The molecule has 174 valence electrons. The van der Waals surface area contributed by atoms with Crippen molar-refractivity contribution in [2.75, 3.05) is 0 Å². The topological polar surface area (TPSA) is 83.0 Å². The highest BCUT2D eigenvalue weighted by atomic mass is 35.5. The average molecular weight is 509 g/mol. The number of nitrogens with zero attached hydrogens (tertiary/aromatic N) is 4. The van der Waals surface area contributed by atoms with Gasteiger partial charge in [-0.2, -0.15) is 10.1 Å². The molecule has 2 aromatic heterocycles. The van der Waals surface area contributed by atoms with Gasteiger partial charge in [-0.25, -0.2) is 23.2 Å². The van der Waals surface area contributed by atoms with Crippen molar-refractivity contribution in [1.82, 2.24) is 19.9 Å². The minimum absolute atomic E-state index is 0.0374. The molecule has 4 aromatic rings. The summed E-state index contributed by atoms with van der Waals surface area (Å²) in [6.45, 7) is 0. The Morgan fingerprint density at radius 1 is 1.12 bits per heavy atom. The molecule has 7 nitrogen and oxygen atoms in total. The van der Waals surface area contributed by atoms with E-state index in [2.05, 4.69) is 20.2 Å². The molecule has 0 saturated heterocycles. The van der Waals surface area contributed by atoms with Gasteiger partial charge in [0.2, 0.25) is 0 Å². The minimum Gasteiger partial charge on any atom is -0.332 e. The third kappa shape index (κ3) is 3.82. The average Bonchev–Trinajstić information content (AvgIpc) is 3.26. The van der Waals surface area contributed by atoms with Crippen molar-refractivity contribution < 1.29 is 27.6 Å². The van der Waals surface area contributed by atoms with Crippen LogP contribution < -0.4 is 0 Å². The van der Waals surface area contributed by atoms with Crippen LogP contribution in [-0.2, 0) is 10.4 Å². The Hall–Kier alpha value is -3.37. The second kappa shape index (κ2) is 8.44. The van der Waals surface area contributed by atoms with Gasteiger partial charge in [0.15, 0.2) is 11.5 Å². The monoisotopic (exact) mass is 508 g/mol. The maximum atomic E-state index is 13.7. The first-order valence-corrected chi connectivity index (χ1v) is 10.7. The largest absolute Gasteiger partial charge is 0.379 e. The third-order valence-corrected chi connectivity index (χ3v) is 6.20. The van der Waals surface area contributed by atoms with Gasteiger partial charge in [0, 0.05) is 14.6 Å². The molecule has 0 bridgehead atoms. The van der Waals surface area contributed by atoms with Crippen LogP contribution >= 0.6 is 23.2 Å². The zero-order valence-electron chi connectivity index (χ0n) is 17.0. The highest BCUT2D eigenvalue weighted by molar-refractivity contribution is 6.35. The van der Waals surface area contributed by atoms with E-state index >= 15 is 0 Å². The molecule has 0 spiro atoms. The molecule has 34 heavy (non-hydrogen) atoms. The molecule has 0 radical (unpaired) electrons.